The van der Waals surface area contributed by atoms with Crippen LogP contribution >= 0.6 is 0 Å². The highest BCUT2D eigenvalue weighted by Gasteiger charge is 2.40. The van der Waals surface area contributed by atoms with Gasteiger partial charge in [-0.05, 0) is 18.9 Å². The zero-order valence-electron chi connectivity index (χ0n) is 10.3. The van der Waals surface area contributed by atoms with Crippen LogP contribution in [0.4, 0.5) is 4.39 Å². The molecule has 1 aliphatic rings. The molecule has 0 radical (unpaired) electrons. The molecule has 0 unspecified atom stereocenters. The molecule has 1 saturated carbocycles. The molecule has 0 atom stereocenters. The van der Waals surface area contributed by atoms with Gasteiger partial charge in [0.1, 0.15) is 5.82 Å². The molecule has 94 valence electrons. The average Bonchev–Trinajstić information content (AvgIpc) is 2.27. The molecule has 0 amide bonds. The summed E-state index contributed by atoms with van der Waals surface area (Å²) in [5.41, 5.74) is 6.55. The molecule has 1 fully saturated rings. The summed E-state index contributed by atoms with van der Waals surface area (Å²) in [6.07, 6.45) is 3.08. The van der Waals surface area contributed by atoms with Crippen molar-refractivity contribution in [3.63, 3.8) is 0 Å². The molecule has 1 aromatic rings. The Hall–Kier alpha value is -1.29. The first-order chi connectivity index (χ1) is 8.16. The summed E-state index contributed by atoms with van der Waals surface area (Å²) in [5.74, 6) is 0.735. The fourth-order valence-electron chi connectivity index (χ4n) is 2.51. The van der Waals surface area contributed by atoms with Crippen molar-refractivity contribution in [3.05, 3.63) is 23.5 Å². The monoisotopic (exact) mass is 239 g/mol. The zero-order valence-corrected chi connectivity index (χ0v) is 10.3. The van der Waals surface area contributed by atoms with Crippen molar-refractivity contribution in [3.8, 4) is 11.5 Å². The minimum atomic E-state index is -0.308. The van der Waals surface area contributed by atoms with Crippen LogP contribution in [-0.2, 0) is 5.41 Å². The summed E-state index contributed by atoms with van der Waals surface area (Å²) >= 11 is 0. The minimum absolute atomic E-state index is 0.138. The van der Waals surface area contributed by atoms with Gasteiger partial charge >= 0.3 is 0 Å². The average molecular weight is 239 g/mol. The number of nitrogens with two attached hydrogens (primary N) is 1. The number of ether oxygens (including phenoxy) is 2. The van der Waals surface area contributed by atoms with E-state index in [1.54, 1.807) is 7.11 Å². The van der Waals surface area contributed by atoms with Crippen molar-refractivity contribution in [2.45, 2.75) is 24.7 Å². The predicted octanol–water partition coefficient (Wildman–Crippen LogP) is 2.22. The third-order valence-corrected chi connectivity index (χ3v) is 3.72. The second-order valence-corrected chi connectivity index (χ2v) is 4.53. The third-order valence-electron chi connectivity index (χ3n) is 3.72. The van der Waals surface area contributed by atoms with Crippen molar-refractivity contribution in [1.82, 2.24) is 0 Å². The predicted molar refractivity (Wildman–Crippen MR) is 64.1 cm³/mol. The summed E-state index contributed by atoms with van der Waals surface area (Å²) in [5, 5.41) is 0. The van der Waals surface area contributed by atoms with E-state index in [0.717, 1.165) is 24.8 Å². The lowest BCUT2D eigenvalue weighted by atomic mass is 9.64. The van der Waals surface area contributed by atoms with E-state index in [2.05, 4.69) is 0 Å². The molecule has 0 heterocycles. The molecule has 0 bridgehead atoms. The SMILES string of the molecule is COc1cc(F)cc(C2(CN)CCC2)c1OC. The van der Waals surface area contributed by atoms with E-state index in [-0.39, 0.29) is 11.2 Å². The maximum atomic E-state index is 13.6. The fourth-order valence-corrected chi connectivity index (χ4v) is 2.51. The standard InChI is InChI=1S/C13H18FNO2/c1-16-11-7-9(14)6-10(12(11)17-2)13(8-15)4-3-5-13/h6-7H,3-5,8,15H2,1-2H3. The number of hydrogen-bond donors (Lipinski definition) is 1. The number of methoxy groups -OCH3 is 2. The van der Waals surface area contributed by atoms with Crippen LogP contribution in [0.25, 0.3) is 0 Å². The summed E-state index contributed by atoms with van der Waals surface area (Å²) in [4.78, 5) is 0. The van der Waals surface area contributed by atoms with Crippen LogP contribution < -0.4 is 15.2 Å². The van der Waals surface area contributed by atoms with Crippen molar-refractivity contribution < 1.29 is 13.9 Å². The van der Waals surface area contributed by atoms with Gasteiger partial charge in [-0.25, -0.2) is 4.39 Å². The van der Waals surface area contributed by atoms with Gasteiger partial charge in [-0.1, -0.05) is 6.42 Å². The molecule has 0 spiro atoms. The molecule has 2 rings (SSSR count). The maximum Gasteiger partial charge on any atom is 0.164 e. The fraction of sp³-hybridized carbons (Fsp3) is 0.538. The molecule has 1 aromatic carbocycles. The van der Waals surface area contributed by atoms with Crippen LogP contribution in [0.1, 0.15) is 24.8 Å². The van der Waals surface area contributed by atoms with Crippen LogP contribution in [0.15, 0.2) is 12.1 Å². The Morgan fingerprint density at radius 1 is 1.29 bits per heavy atom. The second-order valence-electron chi connectivity index (χ2n) is 4.53. The van der Waals surface area contributed by atoms with Crippen molar-refractivity contribution in [1.29, 1.82) is 0 Å². The lowest BCUT2D eigenvalue weighted by molar-refractivity contribution is 0.239. The van der Waals surface area contributed by atoms with Gasteiger partial charge in [-0.3, -0.25) is 0 Å². The highest BCUT2D eigenvalue weighted by atomic mass is 19.1. The Morgan fingerprint density at radius 3 is 2.41 bits per heavy atom. The van der Waals surface area contributed by atoms with E-state index < -0.39 is 0 Å². The van der Waals surface area contributed by atoms with E-state index in [1.165, 1.54) is 19.2 Å². The minimum Gasteiger partial charge on any atom is -0.493 e. The van der Waals surface area contributed by atoms with E-state index in [1.807, 2.05) is 0 Å². The van der Waals surface area contributed by atoms with Crippen LogP contribution in [0.3, 0.4) is 0 Å². The zero-order chi connectivity index (χ0) is 12.5. The summed E-state index contributed by atoms with van der Waals surface area (Å²) in [6, 6.07) is 2.86. The van der Waals surface area contributed by atoms with E-state index in [0.29, 0.717) is 18.0 Å². The van der Waals surface area contributed by atoms with Gasteiger partial charge in [0.05, 0.1) is 14.2 Å². The van der Waals surface area contributed by atoms with Gasteiger partial charge in [0, 0.05) is 23.6 Å². The molecule has 1 aliphatic carbocycles. The Labute approximate surface area is 101 Å². The number of rotatable bonds is 4. The highest BCUT2D eigenvalue weighted by Crippen LogP contribution is 2.49. The maximum absolute atomic E-state index is 13.6. The molecule has 2 N–H and O–H groups in total. The smallest absolute Gasteiger partial charge is 0.164 e. The number of benzene rings is 1. The highest BCUT2D eigenvalue weighted by molar-refractivity contribution is 5.51. The molecule has 17 heavy (non-hydrogen) atoms. The van der Waals surface area contributed by atoms with Gasteiger partial charge in [-0.2, -0.15) is 0 Å². The van der Waals surface area contributed by atoms with Crippen molar-refractivity contribution in [2.24, 2.45) is 5.73 Å². The van der Waals surface area contributed by atoms with E-state index in [4.69, 9.17) is 15.2 Å². The topological polar surface area (TPSA) is 44.5 Å². The lowest BCUT2D eigenvalue weighted by Crippen LogP contribution is -2.41. The Kier molecular flexibility index (Phi) is 3.24. The first-order valence-corrected chi connectivity index (χ1v) is 5.79. The van der Waals surface area contributed by atoms with Crippen molar-refractivity contribution >= 4 is 0 Å². The van der Waals surface area contributed by atoms with Gasteiger partial charge in [0.25, 0.3) is 0 Å². The quantitative estimate of drug-likeness (QED) is 0.876. The van der Waals surface area contributed by atoms with Gasteiger partial charge in [-0.15, -0.1) is 0 Å². The first kappa shape index (κ1) is 12.2. The molecule has 3 nitrogen and oxygen atoms in total. The number of hydrogen-bond acceptors (Lipinski definition) is 3. The molecule has 0 aliphatic heterocycles. The van der Waals surface area contributed by atoms with Gasteiger partial charge < -0.3 is 15.2 Å². The second kappa shape index (κ2) is 4.53. The molecule has 0 aromatic heterocycles. The molecule has 4 heteroatoms. The molecule has 0 saturated heterocycles. The van der Waals surface area contributed by atoms with E-state index in [9.17, 15) is 4.39 Å². The van der Waals surface area contributed by atoms with Crippen LogP contribution in [0.2, 0.25) is 0 Å². The largest absolute Gasteiger partial charge is 0.493 e. The Bertz CT molecular complexity index is 411. The summed E-state index contributed by atoms with van der Waals surface area (Å²) < 4.78 is 24.1. The normalized spacial score (nSPS) is 17.4. The Balaban J connectivity index is 2.55. The van der Waals surface area contributed by atoms with Crippen molar-refractivity contribution in [2.75, 3.05) is 20.8 Å². The van der Waals surface area contributed by atoms with E-state index >= 15 is 0 Å². The van der Waals surface area contributed by atoms with Crippen LogP contribution in [0.5, 0.6) is 11.5 Å². The first-order valence-electron chi connectivity index (χ1n) is 5.79. The Morgan fingerprint density at radius 2 is 2.00 bits per heavy atom. The summed E-state index contributed by atoms with van der Waals surface area (Å²) in [7, 11) is 3.08. The van der Waals surface area contributed by atoms with Gasteiger partial charge in [0.2, 0.25) is 0 Å². The molecular formula is C13H18FNO2. The van der Waals surface area contributed by atoms with Crippen LogP contribution in [-0.4, -0.2) is 20.8 Å². The third kappa shape index (κ3) is 1.86. The van der Waals surface area contributed by atoms with Gasteiger partial charge in [0.15, 0.2) is 11.5 Å². The molecular weight excluding hydrogens is 221 g/mol. The number of halogens is 1. The lowest BCUT2D eigenvalue weighted by Gasteiger charge is -2.42. The summed E-state index contributed by atoms with van der Waals surface area (Å²) in [6.45, 7) is 0.510. The van der Waals surface area contributed by atoms with Crippen LogP contribution in [0, 0.1) is 5.82 Å².